The Balaban J connectivity index is 1.83. The van der Waals surface area contributed by atoms with Gasteiger partial charge in [0.15, 0.2) is 11.6 Å². The second-order valence-electron chi connectivity index (χ2n) is 5.98. The van der Waals surface area contributed by atoms with E-state index in [9.17, 15) is 30.0 Å². The number of aliphatic hydroxyl groups excluding tert-OH is 4. The first kappa shape index (κ1) is 16.9. The molecule has 0 spiro atoms. The topological polar surface area (TPSA) is 124 Å². The average molecular weight is 334 g/mol. The van der Waals surface area contributed by atoms with Gasteiger partial charge >= 0.3 is 0 Å². The maximum Gasteiger partial charge on any atom is 0.189 e. The Morgan fingerprint density at radius 1 is 0.917 bits per heavy atom. The third kappa shape index (κ3) is 2.81. The number of rotatable bonds is 3. The number of ether oxygens (including phenoxy) is 1. The van der Waals surface area contributed by atoms with Crippen molar-refractivity contribution in [1.29, 1.82) is 0 Å². The van der Waals surface area contributed by atoms with Crippen LogP contribution in [0.2, 0.25) is 0 Å². The Labute approximate surface area is 137 Å². The molecule has 1 fully saturated rings. The van der Waals surface area contributed by atoms with Crippen molar-refractivity contribution in [3.8, 4) is 0 Å². The van der Waals surface area contributed by atoms with E-state index in [0.717, 1.165) is 0 Å². The molecule has 1 aromatic carbocycles. The molecule has 128 valence electrons. The van der Waals surface area contributed by atoms with Crippen molar-refractivity contribution >= 4 is 11.6 Å². The summed E-state index contributed by atoms with van der Waals surface area (Å²) in [5.41, 5.74) is 0.757. The molecular weight excluding hydrogens is 316 g/mol. The standard InChI is InChI=1S/C17H18O7/c18-7-13-16(22)17(23)15(21)12(24-13)6-8-5-11(19)9-3-1-2-4-10(9)14(8)20/h1-5,12-13,15-18,21-23H,6-7H2/t12-,13-,15+,16-,17-/m1/s1. The zero-order valence-corrected chi connectivity index (χ0v) is 12.7. The highest BCUT2D eigenvalue weighted by Gasteiger charge is 2.44. The van der Waals surface area contributed by atoms with Gasteiger partial charge in [0.05, 0.1) is 12.7 Å². The van der Waals surface area contributed by atoms with Crippen molar-refractivity contribution in [2.45, 2.75) is 36.9 Å². The number of hydrogen-bond acceptors (Lipinski definition) is 7. The first-order chi connectivity index (χ1) is 11.4. The number of carbonyl (C=O) groups is 2. The van der Waals surface area contributed by atoms with Crippen molar-refractivity contribution in [1.82, 2.24) is 0 Å². The van der Waals surface area contributed by atoms with E-state index in [4.69, 9.17) is 4.74 Å². The van der Waals surface area contributed by atoms with Gasteiger partial charge in [-0.25, -0.2) is 0 Å². The largest absolute Gasteiger partial charge is 0.394 e. The molecule has 1 saturated heterocycles. The first-order valence-electron chi connectivity index (χ1n) is 7.63. The van der Waals surface area contributed by atoms with E-state index in [2.05, 4.69) is 0 Å². The summed E-state index contributed by atoms with van der Waals surface area (Å²) in [5.74, 6) is -0.660. The summed E-state index contributed by atoms with van der Waals surface area (Å²) in [5, 5.41) is 38.8. The van der Waals surface area contributed by atoms with Gasteiger partial charge in [-0.1, -0.05) is 24.3 Å². The summed E-state index contributed by atoms with van der Waals surface area (Å²) in [6.07, 6.45) is -5.39. The fraction of sp³-hybridized carbons (Fsp3) is 0.412. The van der Waals surface area contributed by atoms with Gasteiger partial charge in [0.1, 0.15) is 24.4 Å². The molecule has 1 aromatic rings. The molecule has 2 aliphatic rings. The Hall–Kier alpha value is -1.90. The zero-order valence-electron chi connectivity index (χ0n) is 12.7. The van der Waals surface area contributed by atoms with Crippen LogP contribution in [0, 0.1) is 0 Å². The minimum Gasteiger partial charge on any atom is -0.394 e. The number of Topliss-reactive ketones (excluding diaryl/α,β-unsaturated/α-hetero) is 1. The van der Waals surface area contributed by atoms with Crippen LogP contribution in [0.1, 0.15) is 27.1 Å². The van der Waals surface area contributed by atoms with Crippen LogP contribution in [0.3, 0.4) is 0 Å². The van der Waals surface area contributed by atoms with E-state index in [1.54, 1.807) is 24.3 Å². The maximum absolute atomic E-state index is 12.5. The highest BCUT2D eigenvalue weighted by molar-refractivity contribution is 6.24. The second-order valence-corrected chi connectivity index (χ2v) is 5.98. The lowest BCUT2D eigenvalue weighted by molar-refractivity contribution is -0.228. The van der Waals surface area contributed by atoms with Gasteiger partial charge in [-0.15, -0.1) is 0 Å². The van der Waals surface area contributed by atoms with Crippen molar-refractivity contribution in [2.75, 3.05) is 6.61 Å². The van der Waals surface area contributed by atoms with E-state index in [-0.39, 0.29) is 29.1 Å². The smallest absolute Gasteiger partial charge is 0.189 e. The predicted molar refractivity (Wildman–Crippen MR) is 81.6 cm³/mol. The van der Waals surface area contributed by atoms with Crippen molar-refractivity contribution < 1.29 is 34.8 Å². The zero-order chi connectivity index (χ0) is 17.4. The molecule has 0 unspecified atom stereocenters. The second kappa shape index (κ2) is 6.54. The summed E-state index contributed by atoms with van der Waals surface area (Å²) in [7, 11) is 0. The molecule has 0 amide bonds. The highest BCUT2D eigenvalue weighted by Crippen LogP contribution is 2.29. The molecule has 1 heterocycles. The lowest BCUT2D eigenvalue weighted by atomic mass is 9.84. The van der Waals surface area contributed by atoms with Gasteiger partial charge < -0.3 is 25.2 Å². The Morgan fingerprint density at radius 2 is 1.54 bits per heavy atom. The Morgan fingerprint density at radius 3 is 2.21 bits per heavy atom. The van der Waals surface area contributed by atoms with Crippen LogP contribution in [0.5, 0.6) is 0 Å². The highest BCUT2D eigenvalue weighted by atomic mass is 16.5. The van der Waals surface area contributed by atoms with Crippen LogP contribution in [0.25, 0.3) is 0 Å². The molecule has 0 saturated carbocycles. The van der Waals surface area contributed by atoms with Crippen LogP contribution in [0.4, 0.5) is 0 Å². The van der Waals surface area contributed by atoms with Crippen LogP contribution in [-0.4, -0.2) is 69.1 Å². The van der Waals surface area contributed by atoms with E-state index < -0.39 is 37.1 Å². The molecule has 24 heavy (non-hydrogen) atoms. The summed E-state index contributed by atoms with van der Waals surface area (Å²) in [4.78, 5) is 24.7. The van der Waals surface area contributed by atoms with Gasteiger partial charge in [0, 0.05) is 23.1 Å². The number of allylic oxidation sites excluding steroid dienone is 1. The summed E-state index contributed by atoms with van der Waals surface area (Å²) >= 11 is 0. The van der Waals surface area contributed by atoms with Crippen molar-refractivity contribution in [3.05, 3.63) is 47.0 Å². The predicted octanol–water partition coefficient (Wildman–Crippen LogP) is -0.776. The average Bonchev–Trinajstić information content (AvgIpc) is 2.59. The molecule has 0 radical (unpaired) electrons. The van der Waals surface area contributed by atoms with Crippen molar-refractivity contribution in [2.24, 2.45) is 0 Å². The lowest BCUT2D eigenvalue weighted by Gasteiger charge is -2.40. The third-order valence-corrected chi connectivity index (χ3v) is 4.45. The number of ketones is 2. The number of hydrogen-bond donors (Lipinski definition) is 4. The third-order valence-electron chi connectivity index (χ3n) is 4.45. The maximum atomic E-state index is 12.5. The Bertz CT molecular complexity index is 694. The van der Waals surface area contributed by atoms with Gasteiger partial charge in [0.25, 0.3) is 0 Å². The van der Waals surface area contributed by atoms with Crippen molar-refractivity contribution in [3.63, 3.8) is 0 Å². The van der Waals surface area contributed by atoms with Crippen LogP contribution < -0.4 is 0 Å². The molecule has 4 N–H and O–H groups in total. The minimum absolute atomic E-state index is 0.111. The molecule has 1 aliphatic heterocycles. The summed E-state index contributed by atoms with van der Waals surface area (Å²) < 4.78 is 5.39. The number of benzene rings is 1. The van der Waals surface area contributed by atoms with E-state index in [1.165, 1.54) is 6.08 Å². The first-order valence-corrected chi connectivity index (χ1v) is 7.63. The molecule has 7 heteroatoms. The fourth-order valence-electron chi connectivity index (χ4n) is 3.09. The van der Waals surface area contributed by atoms with Crippen LogP contribution >= 0.6 is 0 Å². The fourth-order valence-corrected chi connectivity index (χ4v) is 3.09. The molecule has 7 nitrogen and oxygen atoms in total. The lowest BCUT2D eigenvalue weighted by Crippen LogP contribution is -2.58. The number of fused-ring (bicyclic) bond motifs is 1. The van der Waals surface area contributed by atoms with Gasteiger partial charge in [-0.05, 0) is 6.08 Å². The van der Waals surface area contributed by atoms with Crippen LogP contribution in [-0.2, 0) is 4.74 Å². The minimum atomic E-state index is -1.51. The summed E-state index contributed by atoms with van der Waals surface area (Å²) in [6.45, 7) is -0.545. The monoisotopic (exact) mass is 334 g/mol. The molecule has 0 bridgehead atoms. The molecule has 1 aliphatic carbocycles. The molecule has 0 aromatic heterocycles. The molecule has 3 rings (SSSR count). The van der Waals surface area contributed by atoms with E-state index in [1.807, 2.05) is 0 Å². The van der Waals surface area contributed by atoms with E-state index in [0.29, 0.717) is 5.56 Å². The van der Waals surface area contributed by atoms with Crippen LogP contribution in [0.15, 0.2) is 35.9 Å². The van der Waals surface area contributed by atoms with Gasteiger partial charge in [-0.3, -0.25) is 9.59 Å². The Kier molecular flexibility index (Phi) is 4.62. The normalized spacial score (nSPS) is 33.2. The van der Waals surface area contributed by atoms with Gasteiger partial charge in [0.2, 0.25) is 0 Å². The number of aliphatic hydroxyl groups is 4. The SMILES string of the molecule is O=C1C=C(C[C@H]2O[C@H](CO)[C@@H](O)[C@H](O)[C@H]2O)C(=O)c2ccccc21. The quantitative estimate of drug-likeness (QED) is 0.572. The van der Waals surface area contributed by atoms with Gasteiger partial charge in [-0.2, -0.15) is 0 Å². The van der Waals surface area contributed by atoms with E-state index >= 15 is 0 Å². The number of carbonyl (C=O) groups excluding carboxylic acids is 2. The summed E-state index contributed by atoms with van der Waals surface area (Å²) in [6, 6.07) is 6.44. The molecule has 5 atom stereocenters. The molecular formula is C17H18O7.